The fourth-order valence-electron chi connectivity index (χ4n) is 1.36. The van der Waals surface area contributed by atoms with E-state index in [-0.39, 0.29) is 0 Å². The molecule has 0 unspecified atom stereocenters. The largest absolute Gasteiger partial charge is 0.495 e. The van der Waals surface area contributed by atoms with Crippen molar-refractivity contribution < 1.29 is 4.74 Å². The minimum absolute atomic E-state index is 0.746. The van der Waals surface area contributed by atoms with Gasteiger partial charge in [-0.1, -0.05) is 0 Å². The second-order valence-corrected chi connectivity index (χ2v) is 5.03. The van der Waals surface area contributed by atoms with Gasteiger partial charge in [-0.15, -0.1) is 23.1 Å². The van der Waals surface area contributed by atoms with Gasteiger partial charge in [-0.3, -0.25) is 0 Å². The van der Waals surface area contributed by atoms with E-state index in [4.69, 9.17) is 10.5 Å². The number of nitrogen functional groups attached to an aromatic ring is 1. The molecule has 1 aromatic carbocycles. The van der Waals surface area contributed by atoms with E-state index < -0.39 is 0 Å². The van der Waals surface area contributed by atoms with Gasteiger partial charge in [0.25, 0.3) is 0 Å². The molecule has 0 spiro atoms. The van der Waals surface area contributed by atoms with Gasteiger partial charge in [0.2, 0.25) is 0 Å². The number of rotatable bonds is 2. The molecule has 0 aliphatic rings. The van der Waals surface area contributed by atoms with Crippen LogP contribution in [0.4, 0.5) is 5.69 Å². The van der Waals surface area contributed by atoms with Crippen LogP contribution in [0.2, 0.25) is 0 Å². The predicted molar refractivity (Wildman–Crippen MR) is 64.6 cm³/mol. The van der Waals surface area contributed by atoms with Gasteiger partial charge in [0.15, 0.2) is 0 Å². The maximum Gasteiger partial charge on any atom is 0.143 e. The minimum atomic E-state index is 0.746. The third-order valence-corrected chi connectivity index (χ3v) is 4.33. The zero-order valence-electron chi connectivity index (χ0n) is 8.03. The molecule has 4 heteroatoms. The maximum atomic E-state index is 5.97. The normalized spacial score (nSPS) is 10.7. The number of benzene rings is 1. The summed E-state index contributed by atoms with van der Waals surface area (Å²) in [6, 6.07) is 6.11. The van der Waals surface area contributed by atoms with Crippen LogP contribution in [-0.2, 0) is 0 Å². The van der Waals surface area contributed by atoms with Gasteiger partial charge < -0.3 is 10.5 Å². The summed E-state index contributed by atoms with van der Waals surface area (Å²) in [5.74, 6) is 0.756. The van der Waals surface area contributed by atoms with Gasteiger partial charge in [0.05, 0.1) is 21.7 Å². The summed E-state index contributed by atoms with van der Waals surface area (Å²) in [4.78, 5) is 0. The number of thioether (sulfide) groups is 1. The van der Waals surface area contributed by atoms with Crippen molar-refractivity contribution in [2.45, 2.75) is 4.21 Å². The first-order valence-electron chi connectivity index (χ1n) is 4.16. The van der Waals surface area contributed by atoms with E-state index in [2.05, 4.69) is 12.3 Å². The SMILES string of the molecule is COc1ccc2cc(SC)sc2c1N. The van der Waals surface area contributed by atoms with Crippen molar-refractivity contribution in [2.24, 2.45) is 0 Å². The van der Waals surface area contributed by atoms with Crippen LogP contribution in [-0.4, -0.2) is 13.4 Å². The highest BCUT2D eigenvalue weighted by Crippen LogP contribution is 2.39. The number of fused-ring (bicyclic) bond motifs is 1. The Morgan fingerprint density at radius 2 is 2.21 bits per heavy atom. The second-order valence-electron chi connectivity index (χ2n) is 2.87. The summed E-state index contributed by atoms with van der Waals surface area (Å²) >= 11 is 3.45. The number of thiophene rings is 1. The van der Waals surface area contributed by atoms with Crippen molar-refractivity contribution >= 4 is 38.9 Å². The van der Waals surface area contributed by atoms with Crippen molar-refractivity contribution in [1.29, 1.82) is 0 Å². The van der Waals surface area contributed by atoms with Gasteiger partial charge >= 0.3 is 0 Å². The highest BCUT2D eigenvalue weighted by atomic mass is 32.2. The number of anilines is 1. The van der Waals surface area contributed by atoms with Crippen LogP contribution in [0.15, 0.2) is 22.4 Å². The summed E-state index contributed by atoms with van der Waals surface area (Å²) in [5, 5.41) is 1.19. The molecule has 0 fully saturated rings. The molecule has 2 nitrogen and oxygen atoms in total. The van der Waals surface area contributed by atoms with Crippen molar-refractivity contribution in [3.63, 3.8) is 0 Å². The highest BCUT2D eigenvalue weighted by Gasteiger charge is 2.08. The van der Waals surface area contributed by atoms with E-state index in [1.165, 1.54) is 9.60 Å². The lowest BCUT2D eigenvalue weighted by Gasteiger charge is -2.03. The van der Waals surface area contributed by atoms with E-state index >= 15 is 0 Å². The molecule has 0 aliphatic heterocycles. The van der Waals surface area contributed by atoms with Gasteiger partial charge in [-0.2, -0.15) is 0 Å². The molecule has 2 rings (SSSR count). The number of methoxy groups -OCH3 is 1. The lowest BCUT2D eigenvalue weighted by atomic mass is 10.2. The summed E-state index contributed by atoms with van der Waals surface area (Å²) in [6.07, 6.45) is 2.07. The Balaban J connectivity index is 2.68. The van der Waals surface area contributed by atoms with Crippen LogP contribution in [0.25, 0.3) is 10.1 Å². The third-order valence-electron chi connectivity index (χ3n) is 2.08. The van der Waals surface area contributed by atoms with Crippen LogP contribution < -0.4 is 10.5 Å². The van der Waals surface area contributed by atoms with Gasteiger partial charge in [0.1, 0.15) is 5.75 Å². The number of hydrogen-bond acceptors (Lipinski definition) is 4. The molecule has 74 valence electrons. The number of nitrogens with two attached hydrogens (primary N) is 1. The molecule has 14 heavy (non-hydrogen) atoms. The van der Waals surface area contributed by atoms with Gasteiger partial charge in [0, 0.05) is 0 Å². The predicted octanol–water partition coefficient (Wildman–Crippen LogP) is 3.21. The Morgan fingerprint density at radius 3 is 2.86 bits per heavy atom. The lowest BCUT2D eigenvalue weighted by molar-refractivity contribution is 0.417. The minimum Gasteiger partial charge on any atom is -0.495 e. The molecule has 1 heterocycles. The standard InChI is InChI=1S/C10H11NOS2/c1-12-7-4-3-6-5-8(13-2)14-10(6)9(7)11/h3-5H,11H2,1-2H3. The Kier molecular flexibility index (Phi) is 2.56. The molecule has 2 N–H and O–H groups in total. The molecule has 1 aromatic heterocycles. The maximum absolute atomic E-state index is 5.97. The van der Waals surface area contributed by atoms with Crippen LogP contribution in [0.5, 0.6) is 5.75 Å². The third kappa shape index (κ3) is 1.44. The lowest BCUT2D eigenvalue weighted by Crippen LogP contribution is -1.91. The zero-order chi connectivity index (χ0) is 10.1. The fourth-order valence-corrected chi connectivity index (χ4v) is 3.03. The van der Waals surface area contributed by atoms with E-state index in [1.54, 1.807) is 30.2 Å². The molecule has 0 aliphatic carbocycles. The zero-order valence-corrected chi connectivity index (χ0v) is 9.67. The average molecular weight is 225 g/mol. The van der Waals surface area contributed by atoms with Crippen LogP contribution in [0.3, 0.4) is 0 Å². The summed E-state index contributed by atoms with van der Waals surface area (Å²) in [7, 11) is 1.64. The molecular weight excluding hydrogens is 214 g/mol. The topological polar surface area (TPSA) is 35.2 Å². The Bertz CT molecular complexity index is 464. The summed E-state index contributed by atoms with van der Waals surface area (Å²) < 4.78 is 7.57. The second kappa shape index (κ2) is 3.71. The van der Waals surface area contributed by atoms with E-state index in [1.807, 2.05) is 12.1 Å². The summed E-state index contributed by atoms with van der Waals surface area (Å²) in [5.41, 5.74) is 6.72. The summed E-state index contributed by atoms with van der Waals surface area (Å²) in [6.45, 7) is 0. The van der Waals surface area contributed by atoms with Crippen molar-refractivity contribution in [2.75, 3.05) is 19.1 Å². The highest BCUT2D eigenvalue weighted by molar-refractivity contribution is 8.00. The van der Waals surface area contributed by atoms with Gasteiger partial charge in [-0.25, -0.2) is 0 Å². The molecule has 0 atom stereocenters. The first kappa shape index (κ1) is 9.68. The van der Waals surface area contributed by atoms with Crippen molar-refractivity contribution in [3.05, 3.63) is 18.2 Å². The van der Waals surface area contributed by atoms with Crippen molar-refractivity contribution in [1.82, 2.24) is 0 Å². The quantitative estimate of drug-likeness (QED) is 0.629. The molecule has 0 amide bonds. The molecule has 0 bridgehead atoms. The molecule has 2 aromatic rings. The number of ether oxygens (including phenoxy) is 1. The molecule has 0 saturated carbocycles. The average Bonchev–Trinajstić information content (AvgIpc) is 2.62. The first-order chi connectivity index (χ1) is 6.76. The van der Waals surface area contributed by atoms with Crippen LogP contribution >= 0.6 is 23.1 Å². The van der Waals surface area contributed by atoms with E-state index in [9.17, 15) is 0 Å². The number of hydrogen-bond donors (Lipinski definition) is 1. The smallest absolute Gasteiger partial charge is 0.143 e. The van der Waals surface area contributed by atoms with E-state index in [0.29, 0.717) is 0 Å². The Morgan fingerprint density at radius 1 is 1.43 bits per heavy atom. The molecule has 0 radical (unpaired) electrons. The monoisotopic (exact) mass is 225 g/mol. The first-order valence-corrected chi connectivity index (χ1v) is 6.20. The molecular formula is C10H11NOS2. The molecule has 0 saturated heterocycles. The fraction of sp³-hybridized carbons (Fsp3) is 0.200. The van der Waals surface area contributed by atoms with Crippen molar-refractivity contribution in [3.8, 4) is 5.75 Å². The Hall–Kier alpha value is -0.870. The Labute approximate surface area is 91.1 Å². The van der Waals surface area contributed by atoms with Crippen LogP contribution in [0, 0.1) is 0 Å². The van der Waals surface area contributed by atoms with Crippen LogP contribution in [0.1, 0.15) is 0 Å². The van der Waals surface area contributed by atoms with Gasteiger partial charge in [-0.05, 0) is 29.8 Å². The van der Waals surface area contributed by atoms with E-state index in [0.717, 1.165) is 16.1 Å².